The van der Waals surface area contributed by atoms with Crippen molar-refractivity contribution in [3.05, 3.63) is 0 Å². The van der Waals surface area contributed by atoms with Crippen molar-refractivity contribution < 1.29 is 0 Å². The minimum atomic E-state index is 0.698. The van der Waals surface area contributed by atoms with Gasteiger partial charge in [-0.15, -0.1) is 15.3 Å². The van der Waals surface area contributed by atoms with Gasteiger partial charge >= 0.3 is 0 Å². The number of rotatable bonds is 3. The highest BCUT2D eigenvalue weighted by Gasteiger charge is 1.90. The van der Waals surface area contributed by atoms with E-state index in [1.165, 1.54) is 6.42 Å². The molecule has 0 atom stereocenters. The largest absolute Gasteiger partial charge is 0.341 e. The molecule has 0 amide bonds. The van der Waals surface area contributed by atoms with E-state index in [0.29, 0.717) is 8.30 Å². The van der Waals surface area contributed by atoms with Gasteiger partial charge in [0, 0.05) is 0 Å². The van der Waals surface area contributed by atoms with Crippen LogP contribution in [0.2, 0.25) is 0 Å². The van der Waals surface area contributed by atoms with E-state index in [0.717, 1.165) is 6.54 Å². The maximum absolute atomic E-state index is 3.38. The van der Waals surface area contributed by atoms with E-state index in [4.69, 9.17) is 0 Å². The van der Waals surface area contributed by atoms with Crippen molar-refractivity contribution in [3.63, 3.8) is 0 Å². The first-order valence-electron chi connectivity index (χ1n) is 2.16. The van der Waals surface area contributed by atoms with Crippen LogP contribution < -0.4 is 0 Å². The molecule has 0 bridgehead atoms. The molecule has 0 aromatic heterocycles. The molecule has 0 aliphatic carbocycles. The van der Waals surface area contributed by atoms with Gasteiger partial charge in [-0.25, -0.2) is 0 Å². The molecule has 4 heteroatoms. The standard InChI is InChI=1S/C3H7BrNSi2/c1-2-3-5(6)7-4/h2-3H2,1H3. The van der Waals surface area contributed by atoms with Crippen LogP contribution in [0.4, 0.5) is 0 Å². The normalized spacial score (nSPS) is 10.3. The highest BCUT2D eigenvalue weighted by atomic mass is 79.9. The molecule has 0 heterocycles. The summed E-state index contributed by atoms with van der Waals surface area (Å²) in [5, 5.41) is 0. The molecular weight excluding hydrogens is 186 g/mol. The van der Waals surface area contributed by atoms with E-state index in [1.54, 1.807) is 0 Å². The van der Waals surface area contributed by atoms with Crippen LogP contribution >= 0.6 is 15.3 Å². The zero-order chi connectivity index (χ0) is 5.70. The lowest BCUT2D eigenvalue weighted by Gasteiger charge is -2.07. The van der Waals surface area contributed by atoms with E-state index in [1.807, 2.05) is 0 Å². The molecule has 0 rings (SSSR count). The topological polar surface area (TPSA) is 3.24 Å². The molecule has 0 aromatic rings. The van der Waals surface area contributed by atoms with Crippen molar-refractivity contribution in [2.24, 2.45) is 0 Å². The van der Waals surface area contributed by atoms with Crippen LogP contribution in [0.25, 0.3) is 0 Å². The monoisotopic (exact) mass is 192 g/mol. The van der Waals surface area contributed by atoms with Crippen molar-refractivity contribution in [2.45, 2.75) is 13.3 Å². The van der Waals surface area contributed by atoms with Crippen molar-refractivity contribution >= 4 is 34.0 Å². The van der Waals surface area contributed by atoms with Gasteiger partial charge in [0.25, 0.3) is 0 Å². The summed E-state index contributed by atoms with van der Waals surface area (Å²) in [7, 11) is 4.08. The van der Waals surface area contributed by atoms with Crippen molar-refractivity contribution in [1.82, 2.24) is 4.23 Å². The quantitative estimate of drug-likeness (QED) is 0.471. The van der Waals surface area contributed by atoms with E-state index >= 15 is 0 Å². The van der Waals surface area contributed by atoms with Gasteiger partial charge in [-0.1, -0.05) is 6.92 Å². The van der Waals surface area contributed by atoms with Crippen LogP contribution in [-0.2, 0) is 0 Å². The Balaban J connectivity index is 2.83. The summed E-state index contributed by atoms with van der Waals surface area (Å²) in [5.74, 6) is 0. The summed E-state index contributed by atoms with van der Waals surface area (Å²) < 4.78 is 2.06. The lowest BCUT2D eigenvalue weighted by atomic mass is 10.5. The molecule has 39 valence electrons. The molecule has 7 heavy (non-hydrogen) atoms. The van der Waals surface area contributed by atoms with Crippen molar-refractivity contribution in [3.8, 4) is 0 Å². The van der Waals surface area contributed by atoms with Crippen molar-refractivity contribution in [1.29, 1.82) is 0 Å². The number of nitrogens with zero attached hydrogens (tertiary/aromatic N) is 1. The molecule has 0 spiro atoms. The first kappa shape index (κ1) is 7.87. The summed E-state index contributed by atoms with van der Waals surface area (Å²) in [4.78, 5) is 0. The van der Waals surface area contributed by atoms with E-state index in [-0.39, 0.29) is 0 Å². The van der Waals surface area contributed by atoms with Crippen LogP contribution in [0, 0.1) is 0 Å². The van der Waals surface area contributed by atoms with E-state index < -0.39 is 0 Å². The minimum Gasteiger partial charge on any atom is -0.341 e. The average molecular weight is 193 g/mol. The summed E-state index contributed by atoms with van der Waals surface area (Å²) >= 11 is 3.32. The third kappa shape index (κ3) is 4.73. The van der Waals surface area contributed by atoms with E-state index in [2.05, 4.69) is 36.9 Å². The zero-order valence-corrected chi connectivity index (χ0v) is 7.83. The van der Waals surface area contributed by atoms with Gasteiger partial charge in [-0.2, -0.15) is 0 Å². The number of halogens is 1. The third-order valence-corrected chi connectivity index (χ3v) is 3.80. The second-order valence-electron chi connectivity index (χ2n) is 1.24. The fraction of sp³-hybridized carbons (Fsp3) is 1.00. The zero-order valence-electron chi connectivity index (χ0n) is 4.24. The Morgan fingerprint density at radius 3 is 2.57 bits per heavy atom. The molecule has 1 nitrogen and oxygen atoms in total. The lowest BCUT2D eigenvalue weighted by molar-refractivity contribution is 0.673. The Morgan fingerprint density at radius 2 is 2.43 bits per heavy atom. The predicted octanol–water partition coefficient (Wildman–Crippen LogP) is 0.711. The minimum absolute atomic E-state index is 0.698. The Hall–Kier alpha value is 0.874. The smallest absolute Gasteiger partial charge is 0.230 e. The maximum atomic E-state index is 3.38. The molecule has 0 saturated carbocycles. The van der Waals surface area contributed by atoms with Crippen LogP contribution in [0.15, 0.2) is 0 Å². The molecule has 0 aromatic carbocycles. The molecular formula is C3H7BrNSi2. The molecule has 0 fully saturated rings. The predicted molar refractivity (Wildman–Crippen MR) is 37.4 cm³/mol. The molecule has 5 radical (unpaired) electrons. The first-order chi connectivity index (χ1) is 3.31. The van der Waals surface area contributed by atoms with Gasteiger partial charge in [0.1, 0.15) is 10.4 Å². The second kappa shape index (κ2) is 5.02. The van der Waals surface area contributed by atoms with Gasteiger partial charge < -0.3 is 4.23 Å². The fourth-order valence-electron chi connectivity index (χ4n) is 0.266. The summed E-state index contributed by atoms with van der Waals surface area (Å²) in [6.07, 6.45) is 1.20. The fourth-order valence-corrected chi connectivity index (χ4v) is 1.33. The molecule has 0 aliphatic rings. The Bertz CT molecular complexity index is 43.9. The second-order valence-corrected chi connectivity index (χ2v) is 4.00. The van der Waals surface area contributed by atoms with Gasteiger partial charge in [-0.05, 0) is 13.0 Å². The van der Waals surface area contributed by atoms with E-state index in [9.17, 15) is 0 Å². The Morgan fingerprint density at radius 1 is 1.86 bits per heavy atom. The molecule has 0 aliphatic heterocycles. The maximum Gasteiger partial charge on any atom is 0.230 e. The van der Waals surface area contributed by atoms with Crippen LogP contribution in [0.5, 0.6) is 0 Å². The highest BCUT2D eigenvalue weighted by Crippen LogP contribution is 1.84. The Labute approximate surface area is 58.5 Å². The summed E-state index contributed by atoms with van der Waals surface area (Å²) in [6, 6.07) is 0. The van der Waals surface area contributed by atoms with Gasteiger partial charge in [0.2, 0.25) is 8.30 Å². The lowest BCUT2D eigenvalue weighted by Crippen LogP contribution is -2.21. The highest BCUT2D eigenvalue weighted by molar-refractivity contribution is 9.23. The van der Waals surface area contributed by atoms with Gasteiger partial charge in [0.05, 0.1) is 0 Å². The number of hydrogen-bond acceptors (Lipinski definition) is 1. The van der Waals surface area contributed by atoms with Crippen LogP contribution in [0.3, 0.4) is 0 Å². The van der Waals surface area contributed by atoms with Crippen LogP contribution in [0.1, 0.15) is 13.3 Å². The third-order valence-electron chi connectivity index (χ3n) is 0.549. The summed E-state index contributed by atoms with van der Waals surface area (Å²) in [6.45, 7) is 3.26. The first-order valence-corrected chi connectivity index (χ1v) is 5.81. The summed E-state index contributed by atoms with van der Waals surface area (Å²) in [5.41, 5.74) is 0. The van der Waals surface area contributed by atoms with Crippen molar-refractivity contribution in [2.75, 3.05) is 6.54 Å². The molecule has 0 unspecified atom stereocenters. The SMILES string of the molecule is CCCN([Si])[Si]Br. The molecule has 0 saturated heterocycles. The van der Waals surface area contributed by atoms with Crippen LogP contribution in [-0.4, -0.2) is 29.5 Å². The average Bonchev–Trinajstić information content (AvgIpc) is 1.68. The number of hydrogen-bond donors (Lipinski definition) is 0. The molecule has 0 N–H and O–H groups in total. The van der Waals surface area contributed by atoms with Gasteiger partial charge in [0.15, 0.2) is 0 Å². The Kier molecular flexibility index (Phi) is 5.65. The van der Waals surface area contributed by atoms with Gasteiger partial charge in [-0.3, -0.25) is 0 Å².